The zero-order valence-electron chi connectivity index (χ0n) is 12.3. The van der Waals surface area contributed by atoms with Gasteiger partial charge < -0.3 is 14.9 Å². The van der Waals surface area contributed by atoms with Gasteiger partial charge in [-0.2, -0.15) is 13.5 Å². The molecule has 2 rings (SSSR count). The number of phenols is 2. The molecule has 0 aliphatic carbocycles. The topological polar surface area (TPSA) is 108 Å². The molecule has 0 atom stereocenters. The molecule has 0 unspecified atom stereocenters. The standard InChI is InChI=1S/C15H16N2O5S/c1-2-22-13-5-7-14(8-6-13)23(20,21)17-16-10-11-3-4-12(18)9-15(11)19/h3-10,17-19H,2H2,1H3. The molecule has 0 radical (unpaired) electrons. The van der Waals surface area contributed by atoms with Gasteiger partial charge in [-0.15, -0.1) is 0 Å². The first-order valence-corrected chi connectivity index (χ1v) is 8.20. The number of phenolic OH excluding ortho intramolecular Hbond substituents is 2. The number of hydrogen-bond acceptors (Lipinski definition) is 6. The zero-order chi connectivity index (χ0) is 16.9. The van der Waals surface area contributed by atoms with Crippen LogP contribution in [0.5, 0.6) is 17.2 Å². The van der Waals surface area contributed by atoms with E-state index >= 15 is 0 Å². The smallest absolute Gasteiger partial charge is 0.276 e. The maximum absolute atomic E-state index is 12.1. The Morgan fingerprint density at radius 3 is 2.48 bits per heavy atom. The second-order valence-corrected chi connectivity index (χ2v) is 6.16. The van der Waals surface area contributed by atoms with Crippen molar-refractivity contribution in [1.82, 2.24) is 4.83 Å². The van der Waals surface area contributed by atoms with Crippen LogP contribution in [0.15, 0.2) is 52.5 Å². The van der Waals surface area contributed by atoms with Gasteiger partial charge in [0.1, 0.15) is 17.2 Å². The molecule has 0 aliphatic rings. The fourth-order valence-electron chi connectivity index (χ4n) is 1.74. The Morgan fingerprint density at radius 2 is 1.87 bits per heavy atom. The van der Waals surface area contributed by atoms with Gasteiger partial charge in [0.05, 0.1) is 17.7 Å². The maximum Gasteiger partial charge on any atom is 0.276 e. The molecule has 0 heterocycles. The molecule has 0 saturated heterocycles. The van der Waals surface area contributed by atoms with Crippen LogP contribution in [0.4, 0.5) is 0 Å². The molecule has 3 N–H and O–H groups in total. The van der Waals surface area contributed by atoms with Crippen LogP contribution in [-0.2, 0) is 10.0 Å². The summed E-state index contributed by atoms with van der Waals surface area (Å²) in [4.78, 5) is 2.08. The first-order valence-electron chi connectivity index (χ1n) is 6.72. The average Bonchev–Trinajstić information content (AvgIpc) is 2.50. The minimum absolute atomic E-state index is 0.0352. The summed E-state index contributed by atoms with van der Waals surface area (Å²) in [5, 5.41) is 22.4. The van der Waals surface area contributed by atoms with Gasteiger partial charge >= 0.3 is 0 Å². The minimum Gasteiger partial charge on any atom is -0.508 e. The van der Waals surface area contributed by atoms with Gasteiger partial charge in [-0.05, 0) is 43.3 Å². The first-order chi connectivity index (χ1) is 10.9. The molecule has 0 aromatic heterocycles. The van der Waals surface area contributed by atoms with Crippen molar-refractivity contribution in [1.29, 1.82) is 0 Å². The van der Waals surface area contributed by atoms with E-state index in [2.05, 4.69) is 5.10 Å². The Hall–Kier alpha value is -2.74. The molecular formula is C15H16N2O5S. The van der Waals surface area contributed by atoms with E-state index in [4.69, 9.17) is 4.74 Å². The molecule has 2 aromatic rings. The van der Waals surface area contributed by atoms with Crippen LogP contribution in [0.2, 0.25) is 0 Å². The molecule has 7 nitrogen and oxygen atoms in total. The number of benzene rings is 2. The van der Waals surface area contributed by atoms with Gasteiger partial charge in [0, 0.05) is 11.6 Å². The number of nitrogens with zero attached hydrogens (tertiary/aromatic N) is 1. The van der Waals surface area contributed by atoms with Crippen LogP contribution in [0.25, 0.3) is 0 Å². The van der Waals surface area contributed by atoms with Crippen LogP contribution in [0, 0.1) is 0 Å². The molecule has 0 bridgehead atoms. The second kappa shape index (κ2) is 7.01. The number of nitrogens with one attached hydrogen (secondary N) is 1. The number of ether oxygens (including phenoxy) is 1. The van der Waals surface area contributed by atoms with Crippen LogP contribution >= 0.6 is 0 Å². The number of rotatable bonds is 6. The van der Waals surface area contributed by atoms with Gasteiger partial charge in [-0.3, -0.25) is 0 Å². The van der Waals surface area contributed by atoms with E-state index in [0.29, 0.717) is 12.4 Å². The van der Waals surface area contributed by atoms with Crippen LogP contribution in [-0.4, -0.2) is 31.5 Å². The molecule has 0 fully saturated rings. The van der Waals surface area contributed by atoms with E-state index in [9.17, 15) is 18.6 Å². The second-order valence-electron chi connectivity index (χ2n) is 4.50. The van der Waals surface area contributed by atoms with E-state index < -0.39 is 10.0 Å². The lowest BCUT2D eigenvalue weighted by Gasteiger charge is -2.06. The SMILES string of the molecule is CCOc1ccc(S(=O)(=O)NN=Cc2ccc(O)cc2O)cc1. The highest BCUT2D eigenvalue weighted by Gasteiger charge is 2.12. The number of hydrazone groups is 1. The predicted molar refractivity (Wildman–Crippen MR) is 85.3 cm³/mol. The summed E-state index contributed by atoms with van der Waals surface area (Å²) in [6.07, 6.45) is 1.14. The van der Waals surface area contributed by atoms with Crippen LogP contribution < -0.4 is 9.57 Å². The largest absolute Gasteiger partial charge is 0.508 e. The summed E-state index contributed by atoms with van der Waals surface area (Å²) in [5.74, 6) is 0.257. The van der Waals surface area contributed by atoms with Gasteiger partial charge in [0.15, 0.2) is 0 Å². The summed E-state index contributed by atoms with van der Waals surface area (Å²) < 4.78 is 29.4. The summed E-state index contributed by atoms with van der Waals surface area (Å²) in [6.45, 7) is 2.32. The summed E-state index contributed by atoms with van der Waals surface area (Å²) in [5.41, 5.74) is 0.261. The van der Waals surface area contributed by atoms with Crippen molar-refractivity contribution in [2.45, 2.75) is 11.8 Å². The summed E-state index contributed by atoms with van der Waals surface area (Å²) >= 11 is 0. The molecule has 23 heavy (non-hydrogen) atoms. The monoisotopic (exact) mass is 336 g/mol. The van der Waals surface area contributed by atoms with Crippen LogP contribution in [0.3, 0.4) is 0 Å². The lowest BCUT2D eigenvalue weighted by Crippen LogP contribution is -2.18. The molecule has 2 aromatic carbocycles. The minimum atomic E-state index is -3.82. The Morgan fingerprint density at radius 1 is 1.17 bits per heavy atom. The van der Waals surface area contributed by atoms with Crippen molar-refractivity contribution in [3.63, 3.8) is 0 Å². The highest BCUT2D eigenvalue weighted by molar-refractivity contribution is 7.89. The van der Waals surface area contributed by atoms with E-state index in [1.165, 1.54) is 24.3 Å². The maximum atomic E-state index is 12.1. The molecule has 0 spiro atoms. The van der Waals surface area contributed by atoms with Gasteiger partial charge in [-0.25, -0.2) is 4.83 Å². The molecule has 0 saturated carbocycles. The fourth-order valence-corrected chi connectivity index (χ4v) is 2.53. The number of hydrogen-bond donors (Lipinski definition) is 3. The van der Waals surface area contributed by atoms with Crippen molar-refractivity contribution in [3.05, 3.63) is 48.0 Å². The third-order valence-corrected chi connectivity index (χ3v) is 4.07. The number of aromatic hydroxyl groups is 2. The van der Waals surface area contributed by atoms with Crippen LogP contribution in [0.1, 0.15) is 12.5 Å². The normalized spacial score (nSPS) is 11.5. The first kappa shape index (κ1) is 16.6. The number of sulfonamides is 1. The third-order valence-electron chi connectivity index (χ3n) is 2.84. The third kappa shape index (κ3) is 4.36. The molecule has 122 valence electrons. The predicted octanol–water partition coefficient (Wildman–Crippen LogP) is 1.81. The molecule has 0 aliphatic heterocycles. The zero-order valence-corrected chi connectivity index (χ0v) is 13.1. The van der Waals surface area contributed by atoms with E-state index in [-0.39, 0.29) is 22.0 Å². The Kier molecular flexibility index (Phi) is 5.07. The van der Waals surface area contributed by atoms with Gasteiger partial charge in [-0.1, -0.05) is 0 Å². The highest BCUT2D eigenvalue weighted by atomic mass is 32.2. The highest BCUT2D eigenvalue weighted by Crippen LogP contribution is 2.21. The summed E-state index contributed by atoms with van der Waals surface area (Å²) in [6, 6.07) is 9.78. The molecular weight excluding hydrogens is 320 g/mol. The average molecular weight is 336 g/mol. The van der Waals surface area contributed by atoms with E-state index in [0.717, 1.165) is 12.3 Å². The van der Waals surface area contributed by atoms with Gasteiger partial charge in [0.25, 0.3) is 10.0 Å². The van der Waals surface area contributed by atoms with Crippen molar-refractivity contribution in [3.8, 4) is 17.2 Å². The lowest BCUT2D eigenvalue weighted by molar-refractivity contribution is 0.340. The molecule has 0 amide bonds. The van der Waals surface area contributed by atoms with Crippen molar-refractivity contribution >= 4 is 16.2 Å². The van der Waals surface area contributed by atoms with Crippen molar-refractivity contribution in [2.24, 2.45) is 5.10 Å². The quantitative estimate of drug-likeness (QED) is 0.551. The Bertz CT molecular complexity index is 801. The van der Waals surface area contributed by atoms with Gasteiger partial charge in [0.2, 0.25) is 0 Å². The van der Waals surface area contributed by atoms with E-state index in [1.54, 1.807) is 12.1 Å². The molecule has 8 heteroatoms. The van der Waals surface area contributed by atoms with Crippen molar-refractivity contribution < 1.29 is 23.4 Å². The lowest BCUT2D eigenvalue weighted by atomic mass is 10.2. The summed E-state index contributed by atoms with van der Waals surface area (Å²) in [7, 11) is -3.82. The Balaban J connectivity index is 2.10. The fraction of sp³-hybridized carbons (Fsp3) is 0.133. The van der Waals surface area contributed by atoms with E-state index in [1.807, 2.05) is 11.8 Å². The Labute approximate surface area is 133 Å². The van der Waals surface area contributed by atoms with Crippen molar-refractivity contribution in [2.75, 3.05) is 6.61 Å².